The molecule has 0 atom stereocenters. The van der Waals surface area contributed by atoms with E-state index in [1.54, 1.807) is 6.07 Å². The van der Waals surface area contributed by atoms with Crippen molar-refractivity contribution in [1.82, 2.24) is 0 Å². The normalized spacial score (nSPS) is 10.2. The van der Waals surface area contributed by atoms with Gasteiger partial charge in [-0.2, -0.15) is 0 Å². The van der Waals surface area contributed by atoms with E-state index in [2.05, 4.69) is 19.1 Å². The molecule has 0 fully saturated rings. The lowest BCUT2D eigenvalue weighted by Crippen LogP contribution is -1.84. The lowest BCUT2D eigenvalue weighted by molar-refractivity contribution is 0.112. The van der Waals surface area contributed by atoms with E-state index in [9.17, 15) is 4.79 Å². The van der Waals surface area contributed by atoms with Crippen molar-refractivity contribution in [2.45, 2.75) is 19.8 Å². The Hall–Kier alpha value is -1.61. The first kappa shape index (κ1) is 11.9. The van der Waals surface area contributed by atoms with Crippen LogP contribution in [0.3, 0.4) is 0 Å². The van der Waals surface area contributed by atoms with E-state index >= 15 is 0 Å². The van der Waals surface area contributed by atoms with Gasteiger partial charge in [-0.25, -0.2) is 0 Å². The fourth-order valence-corrected chi connectivity index (χ4v) is 2.27. The van der Waals surface area contributed by atoms with Gasteiger partial charge < -0.3 is 4.74 Å². The Balaban J connectivity index is 2.05. The number of ether oxygens (including phenoxy) is 1. The van der Waals surface area contributed by atoms with Gasteiger partial charge in [0.25, 0.3) is 0 Å². The van der Waals surface area contributed by atoms with Crippen LogP contribution in [0.2, 0.25) is 0 Å². The van der Waals surface area contributed by atoms with Gasteiger partial charge in [0.2, 0.25) is 0 Å². The first-order chi connectivity index (χ1) is 8.31. The number of aryl methyl sites for hydroxylation is 1. The molecule has 0 aliphatic carbocycles. The van der Waals surface area contributed by atoms with E-state index < -0.39 is 0 Å². The molecule has 0 N–H and O–H groups in total. The molecule has 2 nitrogen and oxygen atoms in total. The van der Waals surface area contributed by atoms with Crippen molar-refractivity contribution in [2.24, 2.45) is 0 Å². The molecule has 0 aliphatic heterocycles. The molecule has 3 heteroatoms. The molecule has 88 valence electrons. The highest BCUT2D eigenvalue weighted by molar-refractivity contribution is 7.15. The van der Waals surface area contributed by atoms with Crippen LogP contribution in [0.25, 0.3) is 0 Å². The molecule has 0 aliphatic rings. The average Bonchev–Trinajstić information content (AvgIpc) is 2.80. The second-order valence-electron chi connectivity index (χ2n) is 3.77. The van der Waals surface area contributed by atoms with Crippen LogP contribution in [-0.4, -0.2) is 6.29 Å². The minimum absolute atomic E-state index is 0.683. The summed E-state index contributed by atoms with van der Waals surface area (Å²) in [7, 11) is 0. The Kier molecular flexibility index (Phi) is 3.94. The van der Waals surface area contributed by atoms with Gasteiger partial charge >= 0.3 is 0 Å². The van der Waals surface area contributed by atoms with Crippen LogP contribution in [0, 0.1) is 0 Å². The van der Waals surface area contributed by atoms with Gasteiger partial charge in [0.1, 0.15) is 5.75 Å². The van der Waals surface area contributed by atoms with E-state index in [0.29, 0.717) is 4.88 Å². The molecule has 0 radical (unpaired) electrons. The Bertz CT molecular complexity index is 485. The lowest BCUT2D eigenvalue weighted by atomic mass is 10.1. The average molecular weight is 246 g/mol. The molecular formula is C14H14O2S. The summed E-state index contributed by atoms with van der Waals surface area (Å²) in [6.45, 7) is 2.16. The maximum Gasteiger partial charge on any atom is 0.181 e. The Labute approximate surface area is 105 Å². The Morgan fingerprint density at radius 1 is 1.18 bits per heavy atom. The van der Waals surface area contributed by atoms with Gasteiger partial charge in [-0.1, -0.05) is 36.8 Å². The van der Waals surface area contributed by atoms with Crippen LogP contribution >= 0.6 is 11.3 Å². The zero-order valence-electron chi connectivity index (χ0n) is 9.68. The number of hydrogen-bond acceptors (Lipinski definition) is 3. The first-order valence-corrected chi connectivity index (χ1v) is 6.45. The van der Waals surface area contributed by atoms with Gasteiger partial charge in [-0.05, 0) is 36.2 Å². The van der Waals surface area contributed by atoms with Crippen LogP contribution in [0.1, 0.15) is 28.6 Å². The van der Waals surface area contributed by atoms with Gasteiger partial charge in [-0.3, -0.25) is 4.79 Å². The molecule has 0 amide bonds. The summed E-state index contributed by atoms with van der Waals surface area (Å²) in [5.74, 6) is 0.809. The highest BCUT2D eigenvalue weighted by Gasteiger charge is 2.01. The third-order valence-corrected chi connectivity index (χ3v) is 3.29. The highest BCUT2D eigenvalue weighted by atomic mass is 32.1. The summed E-state index contributed by atoms with van der Waals surface area (Å²) in [6.07, 6.45) is 3.07. The van der Waals surface area contributed by atoms with Crippen molar-refractivity contribution in [2.75, 3.05) is 0 Å². The molecule has 0 saturated heterocycles. The topological polar surface area (TPSA) is 26.3 Å². The number of carbonyl (C=O) groups excluding carboxylic acids is 1. The van der Waals surface area contributed by atoms with Crippen LogP contribution in [-0.2, 0) is 6.42 Å². The molecule has 0 saturated carbocycles. The van der Waals surface area contributed by atoms with Gasteiger partial charge in [0, 0.05) is 0 Å². The van der Waals surface area contributed by atoms with E-state index in [1.165, 1.54) is 16.9 Å². The maximum absolute atomic E-state index is 10.5. The third-order valence-electron chi connectivity index (χ3n) is 2.40. The number of aldehydes is 1. The van der Waals surface area contributed by atoms with Gasteiger partial charge in [0.05, 0.1) is 4.88 Å². The number of hydrogen-bond donors (Lipinski definition) is 0. The smallest absolute Gasteiger partial charge is 0.181 e. The second kappa shape index (κ2) is 5.64. The Morgan fingerprint density at radius 3 is 2.53 bits per heavy atom. The Morgan fingerprint density at radius 2 is 1.94 bits per heavy atom. The van der Waals surface area contributed by atoms with E-state index in [4.69, 9.17) is 4.74 Å². The summed E-state index contributed by atoms with van der Waals surface area (Å²) >= 11 is 1.35. The van der Waals surface area contributed by atoms with Crippen LogP contribution < -0.4 is 4.74 Å². The predicted octanol–water partition coefficient (Wildman–Crippen LogP) is 4.31. The lowest BCUT2D eigenvalue weighted by Gasteiger charge is -2.03. The number of benzene rings is 1. The standard InChI is InChI=1S/C14H14O2S/c1-2-3-11-4-6-12(7-5-11)16-14-9-8-13(10-15)17-14/h4-10H,2-3H2,1H3. The first-order valence-electron chi connectivity index (χ1n) is 5.63. The molecule has 0 bridgehead atoms. The molecule has 0 unspecified atom stereocenters. The van der Waals surface area contributed by atoms with Crippen LogP contribution in [0.5, 0.6) is 10.8 Å². The molecule has 2 aromatic rings. The molecule has 0 spiro atoms. The minimum atomic E-state index is 0.683. The quantitative estimate of drug-likeness (QED) is 0.735. The van der Waals surface area contributed by atoms with Crippen molar-refractivity contribution < 1.29 is 9.53 Å². The summed E-state index contributed by atoms with van der Waals surface area (Å²) in [5.41, 5.74) is 1.32. The van der Waals surface area contributed by atoms with E-state index in [0.717, 1.165) is 29.9 Å². The number of rotatable bonds is 5. The zero-order chi connectivity index (χ0) is 12.1. The molecule has 2 rings (SSSR count). The van der Waals surface area contributed by atoms with Crippen molar-refractivity contribution in [1.29, 1.82) is 0 Å². The van der Waals surface area contributed by atoms with Gasteiger partial charge in [0.15, 0.2) is 11.3 Å². The largest absolute Gasteiger partial charge is 0.447 e. The maximum atomic E-state index is 10.5. The van der Waals surface area contributed by atoms with E-state index in [1.807, 2.05) is 18.2 Å². The molecular weight excluding hydrogens is 232 g/mol. The summed E-state index contributed by atoms with van der Waals surface area (Å²) in [6, 6.07) is 11.7. The fraction of sp³-hybridized carbons (Fsp3) is 0.214. The van der Waals surface area contributed by atoms with Crippen molar-refractivity contribution in [3.05, 3.63) is 46.8 Å². The molecule has 1 heterocycles. The minimum Gasteiger partial charge on any atom is -0.447 e. The van der Waals surface area contributed by atoms with Crippen molar-refractivity contribution in [3.8, 4) is 10.8 Å². The monoisotopic (exact) mass is 246 g/mol. The molecule has 1 aromatic carbocycles. The zero-order valence-corrected chi connectivity index (χ0v) is 10.5. The second-order valence-corrected chi connectivity index (χ2v) is 4.85. The van der Waals surface area contributed by atoms with Crippen molar-refractivity contribution in [3.63, 3.8) is 0 Å². The summed E-state index contributed by atoms with van der Waals surface area (Å²) in [5, 5.41) is 0.746. The summed E-state index contributed by atoms with van der Waals surface area (Å²) < 4.78 is 5.65. The third kappa shape index (κ3) is 3.17. The number of thiophene rings is 1. The van der Waals surface area contributed by atoms with Gasteiger partial charge in [-0.15, -0.1) is 0 Å². The molecule has 1 aromatic heterocycles. The molecule has 17 heavy (non-hydrogen) atoms. The predicted molar refractivity (Wildman–Crippen MR) is 70.2 cm³/mol. The highest BCUT2D eigenvalue weighted by Crippen LogP contribution is 2.28. The van der Waals surface area contributed by atoms with Crippen LogP contribution in [0.15, 0.2) is 36.4 Å². The van der Waals surface area contributed by atoms with Crippen LogP contribution in [0.4, 0.5) is 0 Å². The van der Waals surface area contributed by atoms with Crippen molar-refractivity contribution >= 4 is 17.6 Å². The fourth-order valence-electron chi connectivity index (χ4n) is 1.58. The van der Waals surface area contributed by atoms with E-state index in [-0.39, 0.29) is 0 Å². The summed E-state index contributed by atoms with van der Waals surface area (Å²) in [4.78, 5) is 11.2. The SMILES string of the molecule is CCCc1ccc(Oc2ccc(C=O)s2)cc1. The number of carbonyl (C=O) groups is 1.